The lowest BCUT2D eigenvalue weighted by Gasteiger charge is -2.18. The molecule has 0 radical (unpaired) electrons. The number of hydrogen-bond donors (Lipinski definition) is 0. The number of carbonyl (C=O) groups is 3. The molecule has 0 aliphatic heterocycles. The van der Waals surface area contributed by atoms with Gasteiger partial charge in [-0.15, -0.1) is 0 Å². The fourth-order valence-electron chi connectivity index (χ4n) is 6.93. The second-order valence-corrected chi connectivity index (χ2v) is 16.4. The molecular formula is C52H92O6. The van der Waals surface area contributed by atoms with E-state index in [1.807, 2.05) is 12.2 Å². The lowest BCUT2D eigenvalue weighted by Crippen LogP contribution is -2.30. The van der Waals surface area contributed by atoms with Crippen LogP contribution in [-0.4, -0.2) is 37.2 Å². The van der Waals surface area contributed by atoms with Gasteiger partial charge in [0.15, 0.2) is 6.10 Å². The number of hydrogen-bond acceptors (Lipinski definition) is 6. The maximum Gasteiger partial charge on any atom is 0.306 e. The van der Waals surface area contributed by atoms with Crippen LogP contribution in [0.3, 0.4) is 0 Å². The molecule has 0 aromatic rings. The number of unbranched alkanes of at least 4 members (excludes halogenated alkanes) is 25. The van der Waals surface area contributed by atoms with Crippen molar-refractivity contribution >= 4 is 17.9 Å². The first-order chi connectivity index (χ1) is 28.5. The van der Waals surface area contributed by atoms with Crippen LogP contribution in [0.1, 0.15) is 245 Å². The Morgan fingerprint density at radius 2 is 0.672 bits per heavy atom. The van der Waals surface area contributed by atoms with Crippen molar-refractivity contribution in [2.75, 3.05) is 13.2 Å². The first-order valence-electron chi connectivity index (χ1n) is 24.6. The highest BCUT2D eigenvalue weighted by Crippen LogP contribution is 2.15. The van der Waals surface area contributed by atoms with E-state index in [0.717, 1.165) is 64.2 Å². The van der Waals surface area contributed by atoms with E-state index in [-0.39, 0.29) is 37.5 Å². The summed E-state index contributed by atoms with van der Waals surface area (Å²) in [6.45, 7) is 6.46. The molecule has 0 aliphatic carbocycles. The Balaban J connectivity index is 4.41. The van der Waals surface area contributed by atoms with Gasteiger partial charge in [0.25, 0.3) is 0 Å². The van der Waals surface area contributed by atoms with Crippen LogP contribution in [0.2, 0.25) is 0 Å². The number of esters is 3. The summed E-state index contributed by atoms with van der Waals surface area (Å²) in [6.07, 6.45) is 55.4. The maximum absolute atomic E-state index is 12.7. The Kier molecular flexibility index (Phi) is 44.9. The fraction of sp³-hybridized carbons (Fsp3) is 0.788. The van der Waals surface area contributed by atoms with Crippen molar-refractivity contribution in [1.82, 2.24) is 0 Å². The molecule has 1 atom stereocenters. The predicted octanol–water partition coefficient (Wildman–Crippen LogP) is 15.9. The van der Waals surface area contributed by atoms with Crippen LogP contribution in [0.5, 0.6) is 0 Å². The Morgan fingerprint density at radius 1 is 0.362 bits per heavy atom. The molecule has 0 saturated heterocycles. The molecule has 0 rings (SSSR count). The first kappa shape index (κ1) is 55.4. The van der Waals surface area contributed by atoms with Crippen LogP contribution < -0.4 is 0 Å². The van der Waals surface area contributed by atoms with Crippen molar-refractivity contribution in [2.24, 2.45) is 0 Å². The highest BCUT2D eigenvalue weighted by atomic mass is 16.6. The Hall–Kier alpha value is -2.63. The molecule has 1 unspecified atom stereocenters. The first-order valence-corrected chi connectivity index (χ1v) is 24.6. The summed E-state index contributed by atoms with van der Waals surface area (Å²) < 4.78 is 16.7. The Morgan fingerprint density at radius 3 is 1.02 bits per heavy atom. The third-order valence-electron chi connectivity index (χ3n) is 10.6. The van der Waals surface area contributed by atoms with Gasteiger partial charge in [0.2, 0.25) is 0 Å². The average molecular weight is 813 g/mol. The number of carbonyl (C=O) groups excluding carboxylic acids is 3. The molecule has 0 heterocycles. The Labute approximate surface area is 358 Å². The van der Waals surface area contributed by atoms with Gasteiger partial charge in [0, 0.05) is 19.3 Å². The second-order valence-electron chi connectivity index (χ2n) is 16.4. The second kappa shape index (κ2) is 47.1. The summed E-state index contributed by atoms with van der Waals surface area (Å²) >= 11 is 0. The summed E-state index contributed by atoms with van der Waals surface area (Å²) in [4.78, 5) is 37.8. The highest BCUT2D eigenvalue weighted by molar-refractivity contribution is 5.71. The zero-order valence-electron chi connectivity index (χ0n) is 38.3. The van der Waals surface area contributed by atoms with Gasteiger partial charge in [-0.25, -0.2) is 0 Å². The molecule has 0 aromatic carbocycles. The summed E-state index contributed by atoms with van der Waals surface area (Å²) in [6, 6.07) is 0. The molecule has 0 saturated carbocycles. The molecule has 0 aromatic heterocycles. The van der Waals surface area contributed by atoms with Crippen LogP contribution in [0.4, 0.5) is 0 Å². The minimum absolute atomic E-state index is 0.0981. The molecular weight excluding hydrogens is 721 g/mol. The summed E-state index contributed by atoms with van der Waals surface area (Å²) in [5.41, 5.74) is 0. The monoisotopic (exact) mass is 813 g/mol. The lowest BCUT2D eigenvalue weighted by molar-refractivity contribution is -0.166. The maximum atomic E-state index is 12.7. The smallest absolute Gasteiger partial charge is 0.306 e. The van der Waals surface area contributed by atoms with Crippen LogP contribution in [0.15, 0.2) is 48.6 Å². The van der Waals surface area contributed by atoms with Gasteiger partial charge in [-0.1, -0.05) is 230 Å². The normalized spacial score (nSPS) is 12.4. The standard InChI is InChI=1S/C52H92O6/c1-4-7-10-13-16-19-22-24-25-26-28-30-33-36-39-42-45-51(54)57-48-49(47-56-50(53)44-41-38-35-32-29-21-18-15-12-9-6-3)58-52(55)46-43-40-37-34-31-27-23-20-17-14-11-8-5-2/h8,11,17,20,27,31,37,40,49H,4-7,9-10,12-16,18-19,21-26,28-30,32-36,38-39,41-48H2,1-3H3/b11-8-,20-17-,31-27-,40-37-. The Bertz CT molecular complexity index is 1030. The molecule has 0 aliphatic rings. The van der Waals surface area contributed by atoms with Crippen LogP contribution in [-0.2, 0) is 28.6 Å². The molecule has 0 N–H and O–H groups in total. The van der Waals surface area contributed by atoms with Gasteiger partial charge in [-0.2, -0.15) is 0 Å². The van der Waals surface area contributed by atoms with Crippen LogP contribution in [0, 0.1) is 0 Å². The minimum atomic E-state index is -0.805. The average Bonchev–Trinajstić information content (AvgIpc) is 3.22. The zero-order valence-corrected chi connectivity index (χ0v) is 38.3. The fourth-order valence-corrected chi connectivity index (χ4v) is 6.93. The molecule has 336 valence electrons. The van der Waals surface area contributed by atoms with E-state index in [0.29, 0.717) is 19.3 Å². The van der Waals surface area contributed by atoms with E-state index in [1.54, 1.807) is 0 Å². The number of ether oxygens (including phenoxy) is 3. The number of allylic oxidation sites excluding steroid dienone is 8. The van der Waals surface area contributed by atoms with E-state index in [4.69, 9.17) is 14.2 Å². The van der Waals surface area contributed by atoms with Crippen molar-refractivity contribution in [2.45, 2.75) is 252 Å². The van der Waals surface area contributed by atoms with E-state index < -0.39 is 6.10 Å². The zero-order chi connectivity index (χ0) is 42.3. The third-order valence-corrected chi connectivity index (χ3v) is 10.6. The van der Waals surface area contributed by atoms with Gasteiger partial charge in [0.05, 0.1) is 0 Å². The van der Waals surface area contributed by atoms with E-state index in [2.05, 4.69) is 57.2 Å². The molecule has 0 spiro atoms. The van der Waals surface area contributed by atoms with Gasteiger partial charge in [-0.3, -0.25) is 14.4 Å². The van der Waals surface area contributed by atoms with E-state index >= 15 is 0 Å². The van der Waals surface area contributed by atoms with Gasteiger partial charge in [0.1, 0.15) is 13.2 Å². The quantitative estimate of drug-likeness (QED) is 0.0264. The highest BCUT2D eigenvalue weighted by Gasteiger charge is 2.19. The van der Waals surface area contributed by atoms with Crippen molar-refractivity contribution < 1.29 is 28.6 Å². The summed E-state index contributed by atoms with van der Waals surface area (Å²) in [5, 5.41) is 0. The van der Waals surface area contributed by atoms with Gasteiger partial charge in [-0.05, 0) is 44.9 Å². The van der Waals surface area contributed by atoms with Crippen molar-refractivity contribution in [3.8, 4) is 0 Å². The van der Waals surface area contributed by atoms with Gasteiger partial charge >= 0.3 is 17.9 Å². The SMILES string of the molecule is CC/C=C\C/C=C\C/C=C\C/C=C\CCC(=O)OC(COC(=O)CCCCCCCCCCCCC)COC(=O)CCCCCCCCCCCCCCCCCC. The summed E-state index contributed by atoms with van der Waals surface area (Å²) in [5.74, 6) is -0.975. The number of rotatable bonds is 44. The molecule has 0 fully saturated rings. The summed E-state index contributed by atoms with van der Waals surface area (Å²) in [7, 11) is 0. The third kappa shape index (κ3) is 44.5. The van der Waals surface area contributed by atoms with Gasteiger partial charge < -0.3 is 14.2 Å². The topological polar surface area (TPSA) is 78.9 Å². The largest absolute Gasteiger partial charge is 0.462 e. The molecule has 6 heteroatoms. The molecule has 6 nitrogen and oxygen atoms in total. The van der Waals surface area contributed by atoms with Crippen LogP contribution >= 0.6 is 0 Å². The van der Waals surface area contributed by atoms with E-state index in [9.17, 15) is 14.4 Å². The van der Waals surface area contributed by atoms with E-state index in [1.165, 1.54) is 135 Å². The van der Waals surface area contributed by atoms with Crippen LogP contribution in [0.25, 0.3) is 0 Å². The van der Waals surface area contributed by atoms with Crippen molar-refractivity contribution in [3.63, 3.8) is 0 Å². The van der Waals surface area contributed by atoms with Crippen molar-refractivity contribution in [3.05, 3.63) is 48.6 Å². The van der Waals surface area contributed by atoms with Crippen molar-refractivity contribution in [1.29, 1.82) is 0 Å². The molecule has 0 amide bonds. The lowest BCUT2D eigenvalue weighted by atomic mass is 10.0. The molecule has 0 bridgehead atoms. The predicted molar refractivity (Wildman–Crippen MR) is 247 cm³/mol. The molecule has 58 heavy (non-hydrogen) atoms. The minimum Gasteiger partial charge on any atom is -0.462 e.